The minimum absolute atomic E-state index is 0.955. The zero-order valence-corrected chi connectivity index (χ0v) is 11.2. The Labute approximate surface area is 113 Å². The fraction of sp³-hybridized carbons (Fsp3) is 0.222. The maximum atomic E-state index is 5.91. The topological polar surface area (TPSA) is 13.1 Å². The van der Waals surface area contributed by atoms with Crippen LogP contribution in [0.2, 0.25) is 0 Å². The van der Waals surface area contributed by atoms with Crippen molar-refractivity contribution in [3.05, 3.63) is 60.2 Å². The Morgan fingerprint density at radius 3 is 2.68 bits per heavy atom. The Hall–Kier alpha value is -2.02. The van der Waals surface area contributed by atoms with Gasteiger partial charge in [-0.05, 0) is 36.6 Å². The quantitative estimate of drug-likeness (QED) is 0.600. The molecule has 19 heavy (non-hydrogen) atoms. The van der Waals surface area contributed by atoms with Gasteiger partial charge in [-0.2, -0.15) is 0 Å². The maximum absolute atomic E-state index is 5.91. The summed E-state index contributed by atoms with van der Waals surface area (Å²) in [6, 6.07) is 18.9. The van der Waals surface area contributed by atoms with E-state index < -0.39 is 0 Å². The van der Waals surface area contributed by atoms with Crippen molar-refractivity contribution in [2.24, 2.45) is 0 Å². The molecule has 3 rings (SSSR count). The van der Waals surface area contributed by atoms with Crippen LogP contribution in [0.5, 0.6) is 0 Å². The molecule has 0 radical (unpaired) electrons. The molecule has 1 heteroatoms. The highest BCUT2D eigenvalue weighted by atomic mass is 16.3. The summed E-state index contributed by atoms with van der Waals surface area (Å²) in [4.78, 5) is 0. The first-order valence-corrected chi connectivity index (χ1v) is 6.94. The fourth-order valence-corrected chi connectivity index (χ4v) is 2.39. The first-order chi connectivity index (χ1) is 9.36. The summed E-state index contributed by atoms with van der Waals surface area (Å²) in [6.45, 7) is 2.23. The van der Waals surface area contributed by atoms with Crippen molar-refractivity contribution in [2.75, 3.05) is 0 Å². The minimum atomic E-state index is 0.955. The molecule has 0 amide bonds. The van der Waals surface area contributed by atoms with Gasteiger partial charge in [0.25, 0.3) is 0 Å². The summed E-state index contributed by atoms with van der Waals surface area (Å²) < 4.78 is 5.91. The summed E-state index contributed by atoms with van der Waals surface area (Å²) >= 11 is 0. The Bertz CT molecular complexity index is 646. The predicted octanol–water partition coefficient (Wildman–Crippen LogP) is 5.44. The average Bonchev–Trinajstić information content (AvgIpc) is 2.89. The molecule has 0 N–H and O–H groups in total. The van der Waals surface area contributed by atoms with Crippen LogP contribution in [-0.2, 0) is 6.42 Å². The Morgan fingerprint density at radius 1 is 0.947 bits per heavy atom. The molecule has 0 aliphatic heterocycles. The lowest BCUT2D eigenvalue weighted by Crippen LogP contribution is -1.85. The lowest BCUT2D eigenvalue weighted by Gasteiger charge is -2.02. The van der Waals surface area contributed by atoms with E-state index in [1.54, 1.807) is 0 Å². The molecule has 0 saturated carbocycles. The number of fused-ring (bicyclic) bond motifs is 1. The summed E-state index contributed by atoms with van der Waals surface area (Å²) in [5.74, 6) is 0.958. The van der Waals surface area contributed by atoms with Crippen molar-refractivity contribution in [1.29, 1.82) is 0 Å². The van der Waals surface area contributed by atoms with Crippen LogP contribution in [0.3, 0.4) is 0 Å². The number of furan rings is 1. The van der Waals surface area contributed by atoms with E-state index in [9.17, 15) is 0 Å². The normalized spacial score (nSPS) is 11.0. The number of hydrogen-bond donors (Lipinski definition) is 0. The van der Waals surface area contributed by atoms with Gasteiger partial charge in [-0.1, -0.05) is 49.7 Å². The minimum Gasteiger partial charge on any atom is -0.456 e. The molecule has 0 saturated heterocycles. The molecule has 0 spiro atoms. The third-order valence-corrected chi connectivity index (χ3v) is 3.46. The van der Waals surface area contributed by atoms with Crippen LogP contribution in [0.25, 0.3) is 22.3 Å². The summed E-state index contributed by atoms with van der Waals surface area (Å²) in [5, 5.41) is 1.16. The molecule has 0 bridgehead atoms. The van der Waals surface area contributed by atoms with Crippen LogP contribution < -0.4 is 0 Å². The van der Waals surface area contributed by atoms with Gasteiger partial charge in [-0.25, -0.2) is 0 Å². The first-order valence-electron chi connectivity index (χ1n) is 6.94. The van der Waals surface area contributed by atoms with Crippen LogP contribution in [0.1, 0.15) is 25.3 Å². The molecule has 0 aliphatic carbocycles. The number of aryl methyl sites for hydroxylation is 1. The number of benzene rings is 2. The van der Waals surface area contributed by atoms with E-state index in [0.29, 0.717) is 0 Å². The van der Waals surface area contributed by atoms with E-state index >= 15 is 0 Å². The molecular weight excluding hydrogens is 232 g/mol. The predicted molar refractivity (Wildman–Crippen MR) is 80.3 cm³/mol. The van der Waals surface area contributed by atoms with Gasteiger partial charge >= 0.3 is 0 Å². The van der Waals surface area contributed by atoms with Gasteiger partial charge in [0.15, 0.2) is 0 Å². The van der Waals surface area contributed by atoms with Crippen LogP contribution in [0.15, 0.2) is 59.0 Å². The van der Waals surface area contributed by atoms with E-state index in [2.05, 4.69) is 43.3 Å². The molecule has 1 nitrogen and oxygen atoms in total. The molecule has 2 aromatic carbocycles. The van der Waals surface area contributed by atoms with Crippen molar-refractivity contribution >= 4 is 11.0 Å². The summed E-state index contributed by atoms with van der Waals surface area (Å²) in [7, 11) is 0. The Kier molecular flexibility index (Phi) is 3.37. The number of unbranched alkanes of at least 4 members (excludes halogenated alkanes) is 1. The van der Waals surface area contributed by atoms with Crippen molar-refractivity contribution in [1.82, 2.24) is 0 Å². The molecule has 0 aliphatic rings. The average molecular weight is 250 g/mol. The van der Waals surface area contributed by atoms with Gasteiger partial charge in [-0.15, -0.1) is 0 Å². The number of rotatable bonds is 4. The van der Waals surface area contributed by atoms with Crippen LogP contribution >= 0.6 is 0 Å². The second-order valence-electron chi connectivity index (χ2n) is 4.95. The van der Waals surface area contributed by atoms with E-state index in [0.717, 1.165) is 23.2 Å². The molecule has 1 heterocycles. The highest BCUT2D eigenvalue weighted by molar-refractivity contribution is 5.82. The van der Waals surface area contributed by atoms with Gasteiger partial charge < -0.3 is 4.42 Å². The molecule has 1 aromatic heterocycles. The smallest absolute Gasteiger partial charge is 0.135 e. The Balaban J connectivity index is 1.96. The third kappa shape index (κ3) is 2.55. The highest BCUT2D eigenvalue weighted by Crippen LogP contribution is 2.28. The monoisotopic (exact) mass is 250 g/mol. The number of hydrogen-bond acceptors (Lipinski definition) is 1. The second-order valence-corrected chi connectivity index (χ2v) is 4.95. The molecule has 96 valence electrons. The van der Waals surface area contributed by atoms with Crippen molar-refractivity contribution in [3.8, 4) is 11.3 Å². The summed E-state index contributed by atoms with van der Waals surface area (Å²) in [6.07, 6.45) is 3.61. The molecule has 3 aromatic rings. The van der Waals surface area contributed by atoms with Gasteiger partial charge in [0, 0.05) is 10.9 Å². The lowest BCUT2D eigenvalue weighted by molar-refractivity contribution is 0.631. The van der Waals surface area contributed by atoms with Gasteiger partial charge in [0.05, 0.1) is 0 Å². The molecule has 0 atom stereocenters. The maximum Gasteiger partial charge on any atom is 0.135 e. The molecule has 0 unspecified atom stereocenters. The van der Waals surface area contributed by atoms with E-state index in [-0.39, 0.29) is 0 Å². The van der Waals surface area contributed by atoms with Crippen LogP contribution in [-0.4, -0.2) is 0 Å². The second kappa shape index (κ2) is 5.31. The van der Waals surface area contributed by atoms with Crippen LogP contribution in [0.4, 0.5) is 0 Å². The highest BCUT2D eigenvalue weighted by Gasteiger charge is 2.06. The van der Waals surface area contributed by atoms with Crippen molar-refractivity contribution in [2.45, 2.75) is 26.2 Å². The van der Waals surface area contributed by atoms with Crippen molar-refractivity contribution in [3.63, 3.8) is 0 Å². The zero-order chi connectivity index (χ0) is 13.1. The lowest BCUT2D eigenvalue weighted by atomic mass is 10.0. The third-order valence-electron chi connectivity index (χ3n) is 3.46. The van der Waals surface area contributed by atoms with E-state index in [4.69, 9.17) is 4.42 Å². The van der Waals surface area contributed by atoms with Gasteiger partial charge in [0.2, 0.25) is 0 Å². The van der Waals surface area contributed by atoms with Crippen molar-refractivity contribution < 1.29 is 4.42 Å². The van der Waals surface area contributed by atoms with E-state index in [1.807, 2.05) is 18.2 Å². The van der Waals surface area contributed by atoms with Gasteiger partial charge in [-0.3, -0.25) is 0 Å². The SMILES string of the molecule is CCCCc1cccc(-c2cc3ccccc3o2)c1. The molecule has 0 fully saturated rings. The standard InChI is InChI=1S/C18H18O/c1-2-3-7-14-8-6-10-15(12-14)18-13-16-9-4-5-11-17(16)19-18/h4-6,8-13H,2-3,7H2,1H3. The zero-order valence-electron chi connectivity index (χ0n) is 11.2. The largest absolute Gasteiger partial charge is 0.456 e. The van der Waals surface area contributed by atoms with E-state index in [1.165, 1.54) is 24.0 Å². The first kappa shape index (κ1) is 12.0. The van der Waals surface area contributed by atoms with Crippen LogP contribution in [0, 0.1) is 0 Å². The number of para-hydroxylation sites is 1. The Morgan fingerprint density at radius 2 is 1.84 bits per heavy atom. The molecular formula is C18H18O. The van der Waals surface area contributed by atoms with Gasteiger partial charge in [0.1, 0.15) is 11.3 Å². The summed E-state index contributed by atoms with van der Waals surface area (Å²) in [5.41, 5.74) is 3.51. The fourth-order valence-electron chi connectivity index (χ4n) is 2.39.